The molecule has 0 fully saturated rings. The second-order valence-corrected chi connectivity index (χ2v) is 5.71. The summed E-state index contributed by atoms with van der Waals surface area (Å²) in [6.45, 7) is 1.97. The molecule has 1 aromatic carbocycles. The number of carbonyl (C=O) groups is 2. The van der Waals surface area contributed by atoms with Gasteiger partial charge >= 0.3 is 0 Å². The van der Waals surface area contributed by atoms with Gasteiger partial charge in [-0.25, -0.2) is 0 Å². The van der Waals surface area contributed by atoms with E-state index in [0.29, 0.717) is 21.2 Å². The average molecular weight is 309 g/mol. The van der Waals surface area contributed by atoms with E-state index < -0.39 is 5.91 Å². The zero-order valence-corrected chi connectivity index (χ0v) is 12.3. The van der Waals surface area contributed by atoms with Crippen LogP contribution in [-0.4, -0.2) is 11.8 Å². The molecule has 2 amide bonds. The SMILES string of the molecule is CCc1cc(C(N)=O)c(NC(=O)c2cccc(Cl)c2)s1. The Morgan fingerprint density at radius 2 is 2.10 bits per heavy atom. The quantitative estimate of drug-likeness (QED) is 0.909. The van der Waals surface area contributed by atoms with E-state index in [1.54, 1.807) is 30.3 Å². The number of benzene rings is 1. The molecule has 0 spiro atoms. The first-order valence-corrected chi connectivity index (χ1v) is 7.20. The maximum absolute atomic E-state index is 12.1. The number of amides is 2. The van der Waals surface area contributed by atoms with Crippen molar-refractivity contribution in [2.24, 2.45) is 5.73 Å². The fraction of sp³-hybridized carbons (Fsp3) is 0.143. The molecule has 0 saturated carbocycles. The van der Waals surface area contributed by atoms with Crippen molar-refractivity contribution >= 4 is 39.8 Å². The van der Waals surface area contributed by atoms with Crippen molar-refractivity contribution in [3.05, 3.63) is 51.4 Å². The summed E-state index contributed by atoms with van der Waals surface area (Å²) in [7, 11) is 0. The summed E-state index contributed by atoms with van der Waals surface area (Å²) in [5, 5.41) is 3.66. The summed E-state index contributed by atoms with van der Waals surface area (Å²) in [6.07, 6.45) is 0.776. The number of halogens is 1. The minimum atomic E-state index is -0.553. The van der Waals surface area contributed by atoms with Crippen LogP contribution in [0.5, 0.6) is 0 Å². The molecule has 0 saturated heterocycles. The van der Waals surface area contributed by atoms with Crippen molar-refractivity contribution in [2.45, 2.75) is 13.3 Å². The third-order valence-corrected chi connectivity index (χ3v) is 4.14. The first kappa shape index (κ1) is 14.6. The predicted octanol–water partition coefficient (Wildman–Crippen LogP) is 3.32. The van der Waals surface area contributed by atoms with Crippen molar-refractivity contribution in [3.8, 4) is 0 Å². The second-order valence-electron chi connectivity index (χ2n) is 4.14. The highest BCUT2D eigenvalue weighted by Gasteiger charge is 2.16. The summed E-state index contributed by atoms with van der Waals surface area (Å²) in [5.74, 6) is -0.873. The predicted molar refractivity (Wildman–Crippen MR) is 81.6 cm³/mol. The normalized spacial score (nSPS) is 10.3. The molecule has 2 rings (SSSR count). The average Bonchev–Trinajstić information content (AvgIpc) is 2.82. The lowest BCUT2D eigenvalue weighted by molar-refractivity contribution is 0.100. The minimum absolute atomic E-state index is 0.320. The molecule has 104 valence electrons. The summed E-state index contributed by atoms with van der Waals surface area (Å²) < 4.78 is 0. The highest BCUT2D eigenvalue weighted by molar-refractivity contribution is 7.16. The van der Waals surface area contributed by atoms with Crippen molar-refractivity contribution < 1.29 is 9.59 Å². The van der Waals surface area contributed by atoms with E-state index in [9.17, 15) is 9.59 Å². The lowest BCUT2D eigenvalue weighted by Gasteiger charge is -2.04. The summed E-state index contributed by atoms with van der Waals surface area (Å²) in [4.78, 5) is 24.5. The van der Waals surface area contributed by atoms with Gasteiger partial charge in [0.1, 0.15) is 5.00 Å². The molecule has 4 nitrogen and oxygen atoms in total. The van der Waals surface area contributed by atoms with Crippen LogP contribution in [0.25, 0.3) is 0 Å². The highest BCUT2D eigenvalue weighted by atomic mass is 35.5. The summed E-state index contributed by atoms with van der Waals surface area (Å²) in [6, 6.07) is 8.31. The van der Waals surface area contributed by atoms with Gasteiger partial charge < -0.3 is 11.1 Å². The molecule has 1 heterocycles. The Hall–Kier alpha value is -1.85. The van der Waals surface area contributed by atoms with Crippen molar-refractivity contribution in [3.63, 3.8) is 0 Å². The van der Waals surface area contributed by atoms with Crippen LogP contribution in [0.3, 0.4) is 0 Å². The van der Waals surface area contributed by atoms with Gasteiger partial charge in [-0.15, -0.1) is 11.3 Å². The molecular weight excluding hydrogens is 296 g/mol. The first-order chi connectivity index (χ1) is 9.51. The Labute approximate surface area is 125 Å². The van der Waals surface area contributed by atoms with E-state index in [1.165, 1.54) is 11.3 Å². The third-order valence-electron chi connectivity index (χ3n) is 2.71. The molecule has 0 bridgehead atoms. The first-order valence-electron chi connectivity index (χ1n) is 6.00. The van der Waals surface area contributed by atoms with Crippen molar-refractivity contribution in [1.82, 2.24) is 0 Å². The molecule has 6 heteroatoms. The third kappa shape index (κ3) is 3.18. The number of nitrogens with one attached hydrogen (secondary N) is 1. The molecule has 0 atom stereocenters. The minimum Gasteiger partial charge on any atom is -0.366 e. The smallest absolute Gasteiger partial charge is 0.256 e. The van der Waals surface area contributed by atoms with Gasteiger partial charge in [0.2, 0.25) is 0 Å². The number of rotatable bonds is 4. The van der Waals surface area contributed by atoms with Gasteiger partial charge in [0.05, 0.1) is 5.56 Å². The van der Waals surface area contributed by atoms with Gasteiger partial charge in [0.25, 0.3) is 11.8 Å². The van der Waals surface area contributed by atoms with E-state index in [2.05, 4.69) is 5.32 Å². The van der Waals surface area contributed by atoms with E-state index in [0.717, 1.165) is 11.3 Å². The van der Waals surface area contributed by atoms with Crippen LogP contribution in [-0.2, 0) is 6.42 Å². The van der Waals surface area contributed by atoms with Gasteiger partial charge in [-0.05, 0) is 30.7 Å². The van der Waals surface area contributed by atoms with Crippen LogP contribution in [0.1, 0.15) is 32.5 Å². The number of primary amides is 1. The molecule has 0 aliphatic rings. The second kappa shape index (κ2) is 6.07. The van der Waals surface area contributed by atoms with Crippen molar-refractivity contribution in [2.75, 3.05) is 5.32 Å². The fourth-order valence-corrected chi connectivity index (χ4v) is 2.88. The molecule has 1 aromatic heterocycles. The number of aryl methyl sites for hydroxylation is 1. The van der Waals surface area contributed by atoms with Gasteiger partial charge in [-0.3, -0.25) is 9.59 Å². The number of carbonyl (C=O) groups excluding carboxylic acids is 2. The Kier molecular flexibility index (Phi) is 4.42. The monoisotopic (exact) mass is 308 g/mol. The van der Waals surface area contributed by atoms with Crippen LogP contribution in [0, 0.1) is 0 Å². The molecule has 3 N–H and O–H groups in total. The zero-order valence-electron chi connectivity index (χ0n) is 10.8. The van der Waals surface area contributed by atoms with Crippen LogP contribution in [0.2, 0.25) is 5.02 Å². The number of nitrogens with two attached hydrogens (primary N) is 1. The molecule has 0 aliphatic carbocycles. The Morgan fingerprint density at radius 3 is 2.70 bits per heavy atom. The summed E-state index contributed by atoms with van der Waals surface area (Å²) in [5.41, 5.74) is 6.08. The number of hydrogen-bond acceptors (Lipinski definition) is 3. The largest absolute Gasteiger partial charge is 0.366 e. The van der Waals surface area contributed by atoms with Crippen LogP contribution >= 0.6 is 22.9 Å². The van der Waals surface area contributed by atoms with Gasteiger partial charge in [0.15, 0.2) is 0 Å². The lowest BCUT2D eigenvalue weighted by atomic mass is 10.2. The molecule has 0 radical (unpaired) electrons. The van der Waals surface area contributed by atoms with E-state index in [1.807, 2.05) is 6.92 Å². The highest BCUT2D eigenvalue weighted by Crippen LogP contribution is 2.28. The van der Waals surface area contributed by atoms with Gasteiger partial charge in [-0.2, -0.15) is 0 Å². The number of hydrogen-bond donors (Lipinski definition) is 2. The number of thiophene rings is 1. The van der Waals surface area contributed by atoms with E-state index in [4.69, 9.17) is 17.3 Å². The van der Waals surface area contributed by atoms with Crippen LogP contribution in [0.15, 0.2) is 30.3 Å². The van der Waals surface area contributed by atoms with Gasteiger partial charge in [0, 0.05) is 15.5 Å². The molecular formula is C14H13ClN2O2S. The summed E-state index contributed by atoms with van der Waals surface area (Å²) >= 11 is 7.20. The Morgan fingerprint density at radius 1 is 1.35 bits per heavy atom. The van der Waals surface area contributed by atoms with Gasteiger partial charge in [-0.1, -0.05) is 24.6 Å². The zero-order chi connectivity index (χ0) is 14.7. The van der Waals surface area contributed by atoms with Crippen LogP contribution < -0.4 is 11.1 Å². The Bertz CT molecular complexity index is 667. The Balaban J connectivity index is 2.27. The van der Waals surface area contributed by atoms with Crippen molar-refractivity contribution in [1.29, 1.82) is 0 Å². The van der Waals surface area contributed by atoms with E-state index >= 15 is 0 Å². The molecule has 20 heavy (non-hydrogen) atoms. The standard InChI is InChI=1S/C14H13ClN2O2S/c1-2-10-7-11(12(16)18)14(20-10)17-13(19)8-4-3-5-9(15)6-8/h3-7H,2H2,1H3,(H2,16,18)(H,17,19). The van der Waals surface area contributed by atoms with E-state index in [-0.39, 0.29) is 5.91 Å². The maximum atomic E-state index is 12.1. The number of anilines is 1. The molecule has 0 aliphatic heterocycles. The van der Waals surface area contributed by atoms with Crippen LogP contribution in [0.4, 0.5) is 5.00 Å². The maximum Gasteiger partial charge on any atom is 0.256 e. The topological polar surface area (TPSA) is 72.2 Å². The fourth-order valence-electron chi connectivity index (χ4n) is 1.70. The lowest BCUT2D eigenvalue weighted by Crippen LogP contribution is -2.16. The molecule has 2 aromatic rings. The molecule has 0 unspecified atom stereocenters.